The van der Waals surface area contributed by atoms with Gasteiger partial charge >= 0.3 is 0 Å². The molecular weight excluding hydrogens is 346 g/mol. The molecule has 0 bridgehead atoms. The van der Waals surface area contributed by atoms with Gasteiger partial charge < -0.3 is 5.32 Å². The van der Waals surface area contributed by atoms with E-state index in [0.717, 1.165) is 28.1 Å². The normalized spacial score (nSPS) is 12.0. The Balaban J connectivity index is 1.76. The monoisotopic (exact) mass is 367 g/mol. The lowest BCUT2D eigenvalue weighted by Crippen LogP contribution is -2.23. The second-order valence-corrected chi connectivity index (χ2v) is 7.54. The summed E-state index contributed by atoms with van der Waals surface area (Å²) >= 11 is 1.33. The van der Waals surface area contributed by atoms with E-state index in [9.17, 15) is 4.79 Å². The van der Waals surface area contributed by atoms with Gasteiger partial charge in [0.1, 0.15) is 0 Å². The molecular formula is C19H21N5OS. The molecule has 3 aromatic rings. The van der Waals surface area contributed by atoms with Gasteiger partial charge in [-0.2, -0.15) is 4.68 Å². The second-order valence-electron chi connectivity index (χ2n) is 6.23. The van der Waals surface area contributed by atoms with Gasteiger partial charge in [0.2, 0.25) is 11.1 Å². The van der Waals surface area contributed by atoms with Crippen LogP contribution < -0.4 is 5.32 Å². The zero-order valence-electron chi connectivity index (χ0n) is 15.2. The van der Waals surface area contributed by atoms with E-state index in [-0.39, 0.29) is 11.2 Å². The highest BCUT2D eigenvalue weighted by Crippen LogP contribution is 2.25. The third kappa shape index (κ3) is 3.94. The van der Waals surface area contributed by atoms with E-state index in [1.807, 2.05) is 70.2 Å². The Labute approximate surface area is 157 Å². The molecule has 26 heavy (non-hydrogen) atoms. The van der Waals surface area contributed by atoms with Crippen LogP contribution in [0.1, 0.15) is 23.6 Å². The van der Waals surface area contributed by atoms with Crippen LogP contribution >= 0.6 is 11.8 Å². The minimum Gasteiger partial charge on any atom is -0.325 e. The summed E-state index contributed by atoms with van der Waals surface area (Å²) in [6.07, 6.45) is 0. The summed E-state index contributed by atoms with van der Waals surface area (Å²) in [6.45, 7) is 7.83. The molecule has 0 fully saturated rings. The van der Waals surface area contributed by atoms with Gasteiger partial charge in [-0.05, 0) is 66.9 Å². The molecule has 0 saturated heterocycles. The number of benzene rings is 2. The van der Waals surface area contributed by atoms with Crippen molar-refractivity contribution in [1.29, 1.82) is 0 Å². The van der Waals surface area contributed by atoms with Gasteiger partial charge in [-0.3, -0.25) is 4.79 Å². The fourth-order valence-corrected chi connectivity index (χ4v) is 3.32. The van der Waals surface area contributed by atoms with Gasteiger partial charge in [-0.25, -0.2) is 0 Å². The van der Waals surface area contributed by atoms with Crippen LogP contribution in [-0.4, -0.2) is 31.4 Å². The summed E-state index contributed by atoms with van der Waals surface area (Å²) in [6, 6.07) is 13.9. The van der Waals surface area contributed by atoms with Gasteiger partial charge in [0, 0.05) is 5.69 Å². The van der Waals surface area contributed by atoms with Crippen molar-refractivity contribution >= 4 is 23.4 Å². The molecule has 7 heteroatoms. The number of anilines is 1. The number of amides is 1. The van der Waals surface area contributed by atoms with Gasteiger partial charge in [0.15, 0.2) is 0 Å². The number of rotatable bonds is 5. The lowest BCUT2D eigenvalue weighted by atomic mass is 10.1. The molecule has 0 saturated carbocycles. The Bertz CT molecular complexity index is 937. The topological polar surface area (TPSA) is 72.7 Å². The van der Waals surface area contributed by atoms with Crippen molar-refractivity contribution in [3.63, 3.8) is 0 Å². The van der Waals surface area contributed by atoms with E-state index >= 15 is 0 Å². The van der Waals surface area contributed by atoms with E-state index in [2.05, 4.69) is 20.8 Å². The van der Waals surface area contributed by atoms with Crippen molar-refractivity contribution in [2.45, 2.75) is 38.1 Å². The molecule has 0 radical (unpaired) electrons. The van der Waals surface area contributed by atoms with Crippen molar-refractivity contribution in [3.8, 4) is 5.69 Å². The standard InChI is InChI=1S/C19H21N5OS/c1-12-9-10-13(2)16(11-12)20-18(25)15(4)26-19-21-22-23-24(19)17-8-6-5-7-14(17)3/h5-11,15H,1-4H3,(H,20,25)/t15-/m0/s1. The lowest BCUT2D eigenvalue weighted by molar-refractivity contribution is -0.115. The number of carbonyl (C=O) groups excluding carboxylic acids is 1. The van der Waals surface area contributed by atoms with Gasteiger partial charge in [-0.1, -0.05) is 42.1 Å². The number of para-hydroxylation sites is 1. The molecule has 3 rings (SSSR count). The fraction of sp³-hybridized carbons (Fsp3) is 0.263. The number of hydrogen-bond donors (Lipinski definition) is 1. The van der Waals surface area contributed by atoms with Gasteiger partial charge in [-0.15, -0.1) is 5.10 Å². The van der Waals surface area contributed by atoms with Gasteiger partial charge in [0.05, 0.1) is 10.9 Å². The highest BCUT2D eigenvalue weighted by atomic mass is 32.2. The molecule has 1 atom stereocenters. The average Bonchev–Trinajstić information content (AvgIpc) is 3.06. The summed E-state index contributed by atoms with van der Waals surface area (Å²) in [4.78, 5) is 12.6. The predicted octanol–water partition coefficient (Wildman–Crippen LogP) is 3.71. The summed E-state index contributed by atoms with van der Waals surface area (Å²) in [5.74, 6) is -0.0805. The maximum absolute atomic E-state index is 12.6. The molecule has 134 valence electrons. The van der Waals surface area contributed by atoms with E-state index < -0.39 is 0 Å². The van der Waals surface area contributed by atoms with Crippen molar-refractivity contribution in [1.82, 2.24) is 20.2 Å². The molecule has 1 N–H and O–H groups in total. The molecule has 0 unspecified atom stereocenters. The first kappa shape index (κ1) is 18.1. The average molecular weight is 367 g/mol. The zero-order valence-corrected chi connectivity index (χ0v) is 16.0. The number of carbonyl (C=O) groups is 1. The Hall–Kier alpha value is -2.67. The third-order valence-corrected chi connectivity index (χ3v) is 5.12. The molecule has 0 aliphatic rings. The minimum absolute atomic E-state index is 0.0805. The highest BCUT2D eigenvalue weighted by Gasteiger charge is 2.20. The van der Waals surface area contributed by atoms with E-state index in [0.29, 0.717) is 5.16 Å². The van der Waals surface area contributed by atoms with Crippen LogP contribution in [0.5, 0.6) is 0 Å². The Morgan fingerprint density at radius 2 is 1.88 bits per heavy atom. The summed E-state index contributed by atoms with van der Waals surface area (Å²) < 4.78 is 1.67. The van der Waals surface area contributed by atoms with E-state index in [4.69, 9.17) is 0 Å². The zero-order chi connectivity index (χ0) is 18.7. The molecule has 2 aromatic carbocycles. The van der Waals surface area contributed by atoms with Crippen LogP contribution in [0.15, 0.2) is 47.6 Å². The minimum atomic E-state index is -0.344. The number of hydrogen-bond acceptors (Lipinski definition) is 5. The summed E-state index contributed by atoms with van der Waals surface area (Å²) in [7, 11) is 0. The SMILES string of the molecule is Cc1ccc(C)c(NC(=O)[C@H](C)Sc2nnnn2-c2ccccc2C)c1. The molecule has 0 aliphatic heterocycles. The van der Waals surface area contributed by atoms with Crippen molar-refractivity contribution in [2.24, 2.45) is 0 Å². The first-order valence-corrected chi connectivity index (χ1v) is 9.23. The summed E-state index contributed by atoms with van der Waals surface area (Å²) in [5.41, 5.74) is 4.94. The highest BCUT2D eigenvalue weighted by molar-refractivity contribution is 8.00. The van der Waals surface area contributed by atoms with E-state index in [1.54, 1.807) is 4.68 Å². The van der Waals surface area contributed by atoms with Crippen LogP contribution in [0, 0.1) is 20.8 Å². The first-order valence-electron chi connectivity index (χ1n) is 8.35. The number of nitrogens with one attached hydrogen (secondary N) is 1. The lowest BCUT2D eigenvalue weighted by Gasteiger charge is -2.14. The van der Waals surface area contributed by atoms with Crippen molar-refractivity contribution in [2.75, 3.05) is 5.32 Å². The third-order valence-electron chi connectivity index (χ3n) is 4.09. The number of tetrazole rings is 1. The molecule has 1 aromatic heterocycles. The summed E-state index contributed by atoms with van der Waals surface area (Å²) in [5, 5.41) is 15.2. The van der Waals surface area contributed by atoms with Crippen LogP contribution in [-0.2, 0) is 4.79 Å². The smallest absolute Gasteiger partial charge is 0.237 e. The van der Waals surface area contributed by atoms with Gasteiger partial charge in [0.25, 0.3) is 0 Å². The number of aryl methyl sites for hydroxylation is 3. The largest absolute Gasteiger partial charge is 0.325 e. The van der Waals surface area contributed by atoms with Crippen LogP contribution in [0.3, 0.4) is 0 Å². The Morgan fingerprint density at radius 3 is 2.65 bits per heavy atom. The van der Waals surface area contributed by atoms with E-state index in [1.165, 1.54) is 11.8 Å². The number of aromatic nitrogens is 4. The maximum atomic E-state index is 12.6. The quantitative estimate of drug-likeness (QED) is 0.696. The van der Waals surface area contributed by atoms with Crippen LogP contribution in [0.4, 0.5) is 5.69 Å². The van der Waals surface area contributed by atoms with Crippen molar-refractivity contribution < 1.29 is 4.79 Å². The molecule has 0 spiro atoms. The van der Waals surface area contributed by atoms with Crippen LogP contribution in [0.2, 0.25) is 0 Å². The molecule has 1 heterocycles. The van der Waals surface area contributed by atoms with Crippen molar-refractivity contribution in [3.05, 3.63) is 59.2 Å². The first-order chi connectivity index (χ1) is 12.5. The maximum Gasteiger partial charge on any atom is 0.237 e. The number of nitrogens with zero attached hydrogens (tertiary/aromatic N) is 4. The molecule has 0 aliphatic carbocycles. The fourth-order valence-electron chi connectivity index (χ4n) is 2.52. The predicted molar refractivity (Wildman–Crippen MR) is 104 cm³/mol. The number of thioether (sulfide) groups is 1. The second kappa shape index (κ2) is 7.70. The van der Waals surface area contributed by atoms with Crippen LogP contribution in [0.25, 0.3) is 5.69 Å². The molecule has 1 amide bonds. The Morgan fingerprint density at radius 1 is 1.12 bits per heavy atom. The Kier molecular flexibility index (Phi) is 5.37. The molecule has 6 nitrogen and oxygen atoms in total.